The van der Waals surface area contributed by atoms with Crippen LogP contribution in [0.3, 0.4) is 0 Å². The van der Waals surface area contributed by atoms with E-state index in [2.05, 4.69) is 27.3 Å². The molecule has 0 radical (unpaired) electrons. The number of fused-ring (bicyclic) bond motifs is 1. The zero-order valence-electron chi connectivity index (χ0n) is 17.8. The van der Waals surface area contributed by atoms with Crippen molar-refractivity contribution in [3.8, 4) is 11.5 Å². The third-order valence-electron chi connectivity index (χ3n) is 5.23. The average Bonchev–Trinajstić information content (AvgIpc) is 3.43. The second-order valence-electron chi connectivity index (χ2n) is 7.73. The number of nitrogens with zero attached hydrogens (tertiary/aromatic N) is 2. The van der Waals surface area contributed by atoms with Crippen LogP contribution in [0.2, 0.25) is 0 Å². The molecule has 2 aromatic carbocycles. The van der Waals surface area contributed by atoms with Gasteiger partial charge in [0.25, 0.3) is 5.91 Å². The molecule has 1 aliphatic rings. The number of hydrogen-bond donors (Lipinski definition) is 1. The van der Waals surface area contributed by atoms with Crippen molar-refractivity contribution < 1.29 is 18.7 Å². The zero-order valence-corrected chi connectivity index (χ0v) is 17.8. The van der Waals surface area contributed by atoms with Crippen LogP contribution < -0.4 is 14.8 Å². The van der Waals surface area contributed by atoms with E-state index in [-0.39, 0.29) is 18.7 Å². The van der Waals surface area contributed by atoms with Crippen LogP contribution in [-0.4, -0.2) is 28.6 Å². The third-order valence-corrected chi connectivity index (χ3v) is 5.23. The van der Waals surface area contributed by atoms with Gasteiger partial charge in [0.15, 0.2) is 17.2 Å². The lowest BCUT2D eigenvalue weighted by atomic mass is 10.1. The van der Waals surface area contributed by atoms with Crippen molar-refractivity contribution in [1.82, 2.24) is 15.2 Å². The second-order valence-corrected chi connectivity index (χ2v) is 7.73. The maximum atomic E-state index is 12.3. The number of ether oxygens (including phenoxy) is 2. The van der Waals surface area contributed by atoms with Gasteiger partial charge in [0.1, 0.15) is 6.26 Å². The maximum Gasteiger partial charge on any atom is 0.273 e. The molecule has 1 atom stereocenters. The monoisotopic (exact) mass is 421 g/mol. The molecule has 7 heteroatoms. The van der Waals surface area contributed by atoms with Gasteiger partial charge in [0, 0.05) is 19.1 Å². The molecule has 2 heterocycles. The highest BCUT2D eigenvalue weighted by atomic mass is 16.7. The van der Waals surface area contributed by atoms with Crippen LogP contribution in [0.15, 0.2) is 59.2 Å². The van der Waals surface area contributed by atoms with E-state index in [4.69, 9.17) is 13.9 Å². The molecule has 7 nitrogen and oxygen atoms in total. The van der Waals surface area contributed by atoms with E-state index in [0.29, 0.717) is 31.2 Å². The molecule has 1 aromatic heterocycles. The lowest BCUT2D eigenvalue weighted by Crippen LogP contribution is -2.32. The number of oxazole rings is 1. The first kappa shape index (κ1) is 20.9. The first-order chi connectivity index (χ1) is 15.1. The minimum Gasteiger partial charge on any atom is -0.454 e. The van der Waals surface area contributed by atoms with Crippen molar-refractivity contribution in [2.45, 2.75) is 45.9 Å². The fourth-order valence-electron chi connectivity index (χ4n) is 3.39. The number of hydrogen-bond acceptors (Lipinski definition) is 6. The SMILES string of the molecule is CCC(C)NC(=O)c1coc(CN(Cc2ccccc2)Cc2ccc3c(c2)OCO3)n1. The summed E-state index contributed by atoms with van der Waals surface area (Å²) in [5.74, 6) is 1.82. The smallest absolute Gasteiger partial charge is 0.273 e. The largest absolute Gasteiger partial charge is 0.454 e. The van der Waals surface area contributed by atoms with Crippen LogP contribution in [0.1, 0.15) is 47.8 Å². The van der Waals surface area contributed by atoms with Gasteiger partial charge in [-0.25, -0.2) is 4.98 Å². The lowest BCUT2D eigenvalue weighted by Gasteiger charge is -2.21. The van der Waals surface area contributed by atoms with E-state index in [9.17, 15) is 4.79 Å². The third kappa shape index (κ3) is 5.44. The number of aromatic nitrogens is 1. The Bertz CT molecular complexity index is 1020. The fraction of sp³-hybridized carbons (Fsp3) is 0.333. The predicted molar refractivity (Wildman–Crippen MR) is 116 cm³/mol. The second kappa shape index (κ2) is 9.66. The van der Waals surface area contributed by atoms with E-state index in [1.165, 1.54) is 11.8 Å². The number of carbonyl (C=O) groups is 1. The van der Waals surface area contributed by atoms with Crippen molar-refractivity contribution in [2.24, 2.45) is 0 Å². The van der Waals surface area contributed by atoms with Gasteiger partial charge in [0.2, 0.25) is 12.7 Å². The minimum atomic E-state index is -0.213. The quantitative estimate of drug-likeness (QED) is 0.560. The summed E-state index contributed by atoms with van der Waals surface area (Å²) in [4.78, 5) is 19.0. The van der Waals surface area contributed by atoms with Gasteiger partial charge in [-0.2, -0.15) is 0 Å². The highest BCUT2D eigenvalue weighted by Crippen LogP contribution is 2.33. The first-order valence-electron chi connectivity index (χ1n) is 10.5. The molecule has 162 valence electrons. The molecule has 0 fully saturated rings. The van der Waals surface area contributed by atoms with Gasteiger partial charge < -0.3 is 19.2 Å². The van der Waals surface area contributed by atoms with Gasteiger partial charge in [-0.1, -0.05) is 43.3 Å². The molecule has 1 unspecified atom stereocenters. The van der Waals surface area contributed by atoms with Gasteiger partial charge in [-0.05, 0) is 36.6 Å². The summed E-state index contributed by atoms with van der Waals surface area (Å²) in [5, 5.41) is 2.92. The number of rotatable bonds is 9. The zero-order chi connectivity index (χ0) is 21.6. The Labute approximate surface area is 182 Å². The lowest BCUT2D eigenvalue weighted by molar-refractivity contribution is 0.0934. The normalized spacial score (nSPS) is 13.4. The van der Waals surface area contributed by atoms with Crippen LogP contribution in [0.25, 0.3) is 0 Å². The molecule has 0 bridgehead atoms. The van der Waals surface area contributed by atoms with Gasteiger partial charge in [0.05, 0.1) is 6.54 Å². The summed E-state index contributed by atoms with van der Waals surface area (Å²) in [6, 6.07) is 16.3. The first-order valence-corrected chi connectivity index (χ1v) is 10.5. The van der Waals surface area contributed by atoms with Gasteiger partial charge in [-0.15, -0.1) is 0 Å². The summed E-state index contributed by atoms with van der Waals surface area (Å²) in [6.45, 7) is 6.10. The Hall–Kier alpha value is -3.32. The standard InChI is InChI=1S/C24H27N3O4/c1-3-17(2)25-24(28)20-15-29-23(26-20)14-27(12-18-7-5-4-6-8-18)13-19-9-10-21-22(11-19)31-16-30-21/h4-11,15,17H,3,12-14,16H2,1-2H3,(H,25,28). The number of benzene rings is 2. The molecular weight excluding hydrogens is 394 g/mol. The Morgan fingerprint density at radius 1 is 1.06 bits per heavy atom. The summed E-state index contributed by atoms with van der Waals surface area (Å²) in [6.07, 6.45) is 2.28. The molecular formula is C24H27N3O4. The molecule has 1 aliphatic heterocycles. The van der Waals surface area contributed by atoms with E-state index in [1.807, 2.05) is 50.2 Å². The molecule has 4 rings (SSSR count). The number of nitrogens with one attached hydrogen (secondary N) is 1. The molecule has 0 saturated carbocycles. The van der Waals surface area contributed by atoms with Crippen LogP contribution in [0.4, 0.5) is 0 Å². The maximum absolute atomic E-state index is 12.3. The Kier molecular flexibility index (Phi) is 6.52. The number of carbonyl (C=O) groups excluding carboxylic acids is 1. The van der Waals surface area contributed by atoms with Crippen LogP contribution >= 0.6 is 0 Å². The topological polar surface area (TPSA) is 76.8 Å². The Morgan fingerprint density at radius 3 is 2.65 bits per heavy atom. The van der Waals surface area contributed by atoms with Crippen LogP contribution in [0.5, 0.6) is 11.5 Å². The molecule has 1 amide bonds. The predicted octanol–water partition coefficient (Wildman–Crippen LogP) is 4.13. The Morgan fingerprint density at radius 2 is 1.84 bits per heavy atom. The highest BCUT2D eigenvalue weighted by Gasteiger charge is 2.18. The van der Waals surface area contributed by atoms with E-state index in [0.717, 1.165) is 23.5 Å². The van der Waals surface area contributed by atoms with Crippen molar-refractivity contribution in [3.63, 3.8) is 0 Å². The fourth-order valence-corrected chi connectivity index (χ4v) is 3.39. The van der Waals surface area contributed by atoms with E-state index >= 15 is 0 Å². The minimum absolute atomic E-state index is 0.0910. The van der Waals surface area contributed by atoms with Crippen molar-refractivity contribution >= 4 is 5.91 Å². The molecule has 0 aliphatic carbocycles. The summed E-state index contributed by atoms with van der Waals surface area (Å²) in [5.41, 5.74) is 2.59. The molecule has 3 aromatic rings. The molecule has 0 spiro atoms. The van der Waals surface area contributed by atoms with E-state index < -0.39 is 0 Å². The van der Waals surface area contributed by atoms with Crippen molar-refractivity contribution in [2.75, 3.05) is 6.79 Å². The Balaban J connectivity index is 1.49. The molecule has 1 N–H and O–H groups in total. The van der Waals surface area contributed by atoms with Crippen LogP contribution in [-0.2, 0) is 19.6 Å². The van der Waals surface area contributed by atoms with E-state index in [1.54, 1.807) is 0 Å². The average molecular weight is 421 g/mol. The van der Waals surface area contributed by atoms with Crippen molar-refractivity contribution in [3.05, 3.63) is 77.5 Å². The van der Waals surface area contributed by atoms with Gasteiger partial charge in [-0.3, -0.25) is 9.69 Å². The molecule has 0 saturated heterocycles. The summed E-state index contributed by atoms with van der Waals surface area (Å²) >= 11 is 0. The van der Waals surface area contributed by atoms with Gasteiger partial charge >= 0.3 is 0 Å². The molecule has 31 heavy (non-hydrogen) atoms. The summed E-state index contributed by atoms with van der Waals surface area (Å²) < 4.78 is 16.5. The van der Waals surface area contributed by atoms with Crippen molar-refractivity contribution in [1.29, 1.82) is 0 Å². The highest BCUT2D eigenvalue weighted by molar-refractivity contribution is 5.92. The summed E-state index contributed by atoms with van der Waals surface area (Å²) in [7, 11) is 0. The number of amides is 1. The van der Waals surface area contributed by atoms with Crippen LogP contribution in [0, 0.1) is 0 Å².